The van der Waals surface area contributed by atoms with Crippen LogP contribution in [0.15, 0.2) is 18.2 Å². The molecule has 2 amide bonds. The Kier molecular flexibility index (Phi) is 5.95. The summed E-state index contributed by atoms with van der Waals surface area (Å²) in [6.07, 6.45) is 1.76. The molecule has 2 aliphatic rings. The zero-order valence-electron chi connectivity index (χ0n) is 16.6. The number of piperidine rings is 2. The SMILES string of the molecule is CN[C@@H]1CCN(c2ccc3c(C4CC(=O)NC(=O)C4)nn(C)c3c2)C[C@@H]1C.Cl. The van der Waals surface area contributed by atoms with Crippen molar-refractivity contribution in [1.29, 1.82) is 0 Å². The highest BCUT2D eigenvalue weighted by atomic mass is 35.5. The lowest BCUT2D eigenvalue weighted by Gasteiger charge is -2.38. The summed E-state index contributed by atoms with van der Waals surface area (Å²) in [5, 5.41) is 11.5. The number of carbonyl (C=O) groups excluding carboxylic acids is 2. The van der Waals surface area contributed by atoms with Crippen molar-refractivity contribution in [3.8, 4) is 0 Å². The van der Waals surface area contributed by atoms with Crippen molar-refractivity contribution in [2.75, 3.05) is 25.0 Å². The minimum absolute atomic E-state index is 0. The molecule has 0 aliphatic carbocycles. The number of halogens is 1. The normalized spacial score (nSPS) is 23.6. The summed E-state index contributed by atoms with van der Waals surface area (Å²) in [6, 6.07) is 7.00. The van der Waals surface area contributed by atoms with Crippen LogP contribution in [0, 0.1) is 5.92 Å². The molecule has 28 heavy (non-hydrogen) atoms. The van der Waals surface area contributed by atoms with E-state index in [1.165, 1.54) is 5.69 Å². The molecular weight excluding hydrogens is 378 g/mol. The predicted octanol–water partition coefficient (Wildman–Crippen LogP) is 1.95. The molecule has 0 radical (unpaired) electrons. The molecule has 0 unspecified atom stereocenters. The molecule has 2 N–H and O–H groups in total. The summed E-state index contributed by atoms with van der Waals surface area (Å²) < 4.78 is 1.87. The summed E-state index contributed by atoms with van der Waals surface area (Å²) in [4.78, 5) is 26.0. The van der Waals surface area contributed by atoms with Gasteiger partial charge in [-0.1, -0.05) is 6.92 Å². The Morgan fingerprint density at radius 2 is 1.93 bits per heavy atom. The van der Waals surface area contributed by atoms with Crippen molar-refractivity contribution in [3.63, 3.8) is 0 Å². The largest absolute Gasteiger partial charge is 0.371 e. The van der Waals surface area contributed by atoms with Gasteiger partial charge in [0, 0.05) is 56.0 Å². The average molecular weight is 406 g/mol. The monoisotopic (exact) mass is 405 g/mol. The van der Waals surface area contributed by atoms with Crippen LogP contribution in [0.3, 0.4) is 0 Å². The summed E-state index contributed by atoms with van der Waals surface area (Å²) >= 11 is 0. The number of hydrogen-bond acceptors (Lipinski definition) is 5. The molecule has 7 nitrogen and oxygen atoms in total. The van der Waals surface area contributed by atoms with Gasteiger partial charge in [0.1, 0.15) is 0 Å². The number of aromatic nitrogens is 2. The lowest BCUT2D eigenvalue weighted by molar-refractivity contribution is -0.133. The van der Waals surface area contributed by atoms with E-state index in [4.69, 9.17) is 0 Å². The lowest BCUT2D eigenvalue weighted by Crippen LogP contribution is -2.47. The zero-order chi connectivity index (χ0) is 19.1. The van der Waals surface area contributed by atoms with Crippen molar-refractivity contribution in [2.24, 2.45) is 13.0 Å². The van der Waals surface area contributed by atoms with Gasteiger partial charge in [-0.2, -0.15) is 5.10 Å². The Balaban J connectivity index is 0.00000225. The first-order valence-electron chi connectivity index (χ1n) is 9.67. The Morgan fingerprint density at radius 1 is 1.21 bits per heavy atom. The average Bonchev–Trinajstić information content (AvgIpc) is 2.97. The molecule has 2 atom stereocenters. The van der Waals surface area contributed by atoms with Crippen molar-refractivity contribution < 1.29 is 9.59 Å². The first-order chi connectivity index (χ1) is 13.0. The number of carbonyl (C=O) groups is 2. The highest BCUT2D eigenvalue weighted by Gasteiger charge is 2.30. The van der Waals surface area contributed by atoms with Crippen LogP contribution in [0.5, 0.6) is 0 Å². The quantitative estimate of drug-likeness (QED) is 0.763. The number of amides is 2. The lowest BCUT2D eigenvalue weighted by atomic mass is 9.91. The van der Waals surface area contributed by atoms with E-state index >= 15 is 0 Å². The second kappa shape index (κ2) is 8.09. The molecule has 3 heterocycles. The van der Waals surface area contributed by atoms with Gasteiger partial charge < -0.3 is 10.2 Å². The van der Waals surface area contributed by atoms with E-state index in [1.807, 2.05) is 18.8 Å². The summed E-state index contributed by atoms with van der Waals surface area (Å²) in [7, 11) is 3.96. The molecule has 1 aromatic carbocycles. The fourth-order valence-corrected chi connectivity index (χ4v) is 4.55. The second-order valence-electron chi connectivity index (χ2n) is 7.89. The number of nitrogens with one attached hydrogen (secondary N) is 2. The fraction of sp³-hybridized carbons (Fsp3) is 0.550. The van der Waals surface area contributed by atoms with E-state index in [9.17, 15) is 9.59 Å². The molecule has 2 fully saturated rings. The van der Waals surface area contributed by atoms with E-state index < -0.39 is 0 Å². The summed E-state index contributed by atoms with van der Waals surface area (Å²) in [6.45, 7) is 4.35. The maximum absolute atomic E-state index is 11.8. The second-order valence-corrected chi connectivity index (χ2v) is 7.89. The Bertz CT molecular complexity index is 880. The van der Waals surface area contributed by atoms with Gasteiger partial charge in [-0.15, -0.1) is 12.4 Å². The topological polar surface area (TPSA) is 79.3 Å². The van der Waals surface area contributed by atoms with Gasteiger partial charge in [0.2, 0.25) is 11.8 Å². The van der Waals surface area contributed by atoms with Crippen LogP contribution >= 0.6 is 12.4 Å². The van der Waals surface area contributed by atoms with Crippen molar-refractivity contribution in [2.45, 2.75) is 38.1 Å². The number of hydrogen-bond donors (Lipinski definition) is 2. The van der Waals surface area contributed by atoms with Gasteiger partial charge >= 0.3 is 0 Å². The van der Waals surface area contributed by atoms with Crippen molar-refractivity contribution in [1.82, 2.24) is 20.4 Å². The van der Waals surface area contributed by atoms with Gasteiger partial charge in [0.15, 0.2) is 0 Å². The number of aryl methyl sites for hydroxylation is 1. The first kappa shape index (κ1) is 20.6. The van der Waals surface area contributed by atoms with Crippen LogP contribution < -0.4 is 15.5 Å². The van der Waals surface area contributed by atoms with Crippen LogP contribution in [-0.4, -0.2) is 47.8 Å². The van der Waals surface area contributed by atoms with Gasteiger partial charge in [-0.25, -0.2) is 0 Å². The van der Waals surface area contributed by atoms with E-state index in [-0.39, 0.29) is 30.1 Å². The van der Waals surface area contributed by atoms with Crippen LogP contribution in [0.1, 0.15) is 37.8 Å². The highest BCUT2D eigenvalue weighted by molar-refractivity contribution is 5.99. The third-order valence-corrected chi connectivity index (χ3v) is 6.03. The van der Waals surface area contributed by atoms with Crippen LogP contribution in [0.25, 0.3) is 10.9 Å². The molecule has 0 bridgehead atoms. The minimum Gasteiger partial charge on any atom is -0.371 e. The van der Waals surface area contributed by atoms with Crippen molar-refractivity contribution in [3.05, 3.63) is 23.9 Å². The maximum atomic E-state index is 11.8. The summed E-state index contributed by atoms with van der Waals surface area (Å²) in [5.74, 6) is 0.0154. The molecule has 1 aromatic heterocycles. The smallest absolute Gasteiger partial charge is 0.227 e. The van der Waals surface area contributed by atoms with Crippen molar-refractivity contribution >= 4 is 40.8 Å². The number of anilines is 1. The van der Waals surface area contributed by atoms with Gasteiger partial charge in [0.05, 0.1) is 11.2 Å². The van der Waals surface area contributed by atoms with Crippen LogP contribution in [-0.2, 0) is 16.6 Å². The van der Waals surface area contributed by atoms with E-state index in [0.29, 0.717) is 24.8 Å². The molecule has 2 aromatic rings. The van der Waals surface area contributed by atoms with E-state index in [1.54, 1.807) is 0 Å². The molecule has 0 saturated carbocycles. The molecule has 152 valence electrons. The standard InChI is InChI=1S/C20H27N5O2.ClH/c1-12-11-25(7-6-16(12)21-2)14-4-5-15-17(10-14)24(3)23-20(15)13-8-18(26)22-19(27)9-13;/h4-5,10,12-13,16,21H,6-9,11H2,1-3H3,(H,22,26,27);1H/t12-,16+;/m0./s1. The van der Waals surface area contributed by atoms with Crippen LogP contribution in [0.2, 0.25) is 0 Å². The molecule has 2 aliphatic heterocycles. The van der Waals surface area contributed by atoms with E-state index in [2.05, 4.69) is 45.8 Å². The molecule has 4 rings (SSSR count). The third-order valence-electron chi connectivity index (χ3n) is 6.03. The number of benzene rings is 1. The predicted molar refractivity (Wildman–Crippen MR) is 112 cm³/mol. The van der Waals surface area contributed by atoms with E-state index in [0.717, 1.165) is 36.1 Å². The number of nitrogens with zero attached hydrogens (tertiary/aromatic N) is 3. The van der Waals surface area contributed by atoms with Gasteiger partial charge in [-0.3, -0.25) is 19.6 Å². The first-order valence-corrected chi connectivity index (χ1v) is 9.67. The maximum Gasteiger partial charge on any atom is 0.227 e. The van der Waals surface area contributed by atoms with Gasteiger partial charge in [-0.05, 0) is 37.6 Å². The highest BCUT2D eigenvalue weighted by Crippen LogP contribution is 2.34. The third kappa shape index (κ3) is 3.73. The zero-order valence-corrected chi connectivity index (χ0v) is 17.4. The number of rotatable bonds is 3. The number of imide groups is 1. The molecular formula is C20H28ClN5O2. The molecule has 8 heteroatoms. The van der Waals surface area contributed by atoms with Gasteiger partial charge in [0.25, 0.3) is 0 Å². The summed E-state index contributed by atoms with van der Waals surface area (Å²) in [5.41, 5.74) is 3.10. The molecule has 0 spiro atoms. The Morgan fingerprint density at radius 3 is 2.57 bits per heavy atom. The van der Waals surface area contributed by atoms with Crippen LogP contribution in [0.4, 0.5) is 5.69 Å². The number of fused-ring (bicyclic) bond motifs is 1. The Hall–Kier alpha value is -2.12. The molecule has 2 saturated heterocycles. The Labute approximate surface area is 171 Å². The minimum atomic E-state index is -0.215. The fourth-order valence-electron chi connectivity index (χ4n) is 4.55.